The van der Waals surface area contributed by atoms with E-state index in [1.54, 1.807) is 0 Å². The summed E-state index contributed by atoms with van der Waals surface area (Å²) in [7, 11) is 0. The summed E-state index contributed by atoms with van der Waals surface area (Å²) in [6.07, 6.45) is 6.35. The molecular formula is C17H27N3O. The van der Waals surface area contributed by atoms with Crippen molar-refractivity contribution in [3.63, 3.8) is 0 Å². The SMILES string of the molecule is CCN(CC(=O)Nc1cccc(N)c1C)C1CCCCC1. The van der Waals surface area contributed by atoms with Gasteiger partial charge < -0.3 is 11.1 Å². The van der Waals surface area contributed by atoms with Crippen LogP contribution in [-0.4, -0.2) is 29.9 Å². The van der Waals surface area contributed by atoms with Crippen LogP contribution in [0.25, 0.3) is 0 Å². The quantitative estimate of drug-likeness (QED) is 0.819. The van der Waals surface area contributed by atoms with E-state index in [9.17, 15) is 4.79 Å². The molecule has 0 spiro atoms. The van der Waals surface area contributed by atoms with Crippen molar-refractivity contribution in [2.75, 3.05) is 24.1 Å². The fourth-order valence-electron chi connectivity index (χ4n) is 3.11. The van der Waals surface area contributed by atoms with Crippen LogP contribution in [0.3, 0.4) is 0 Å². The normalized spacial score (nSPS) is 16.1. The van der Waals surface area contributed by atoms with E-state index in [4.69, 9.17) is 5.73 Å². The molecule has 0 aliphatic heterocycles. The highest BCUT2D eigenvalue weighted by Gasteiger charge is 2.21. The van der Waals surface area contributed by atoms with Crippen LogP contribution in [0.5, 0.6) is 0 Å². The lowest BCUT2D eigenvalue weighted by atomic mass is 9.94. The summed E-state index contributed by atoms with van der Waals surface area (Å²) in [4.78, 5) is 14.6. The maximum Gasteiger partial charge on any atom is 0.238 e. The average Bonchev–Trinajstić information content (AvgIpc) is 2.50. The number of anilines is 2. The van der Waals surface area contributed by atoms with Crippen LogP contribution in [0, 0.1) is 6.92 Å². The van der Waals surface area contributed by atoms with E-state index in [-0.39, 0.29) is 5.91 Å². The maximum atomic E-state index is 12.3. The number of nitrogens with one attached hydrogen (secondary N) is 1. The first-order valence-electron chi connectivity index (χ1n) is 8.00. The minimum Gasteiger partial charge on any atom is -0.398 e. The number of carbonyl (C=O) groups excluding carboxylic acids is 1. The highest BCUT2D eigenvalue weighted by molar-refractivity contribution is 5.93. The number of nitrogens with zero attached hydrogens (tertiary/aromatic N) is 1. The molecule has 0 heterocycles. The molecule has 0 atom stereocenters. The molecule has 21 heavy (non-hydrogen) atoms. The first-order valence-corrected chi connectivity index (χ1v) is 8.00. The van der Waals surface area contributed by atoms with Crippen LogP contribution in [0.4, 0.5) is 11.4 Å². The predicted octanol–water partition coefficient (Wildman–Crippen LogP) is 3.17. The molecular weight excluding hydrogens is 262 g/mol. The Morgan fingerprint density at radius 1 is 1.33 bits per heavy atom. The fourth-order valence-corrected chi connectivity index (χ4v) is 3.11. The number of likely N-dealkylation sites (N-methyl/N-ethyl adjacent to an activating group) is 1. The van der Waals surface area contributed by atoms with Crippen molar-refractivity contribution < 1.29 is 4.79 Å². The second-order valence-corrected chi connectivity index (χ2v) is 5.92. The third-order valence-corrected chi connectivity index (χ3v) is 4.49. The minimum atomic E-state index is 0.0520. The number of rotatable bonds is 5. The smallest absolute Gasteiger partial charge is 0.238 e. The van der Waals surface area contributed by atoms with Gasteiger partial charge in [-0.3, -0.25) is 9.69 Å². The lowest BCUT2D eigenvalue weighted by molar-refractivity contribution is -0.118. The summed E-state index contributed by atoms with van der Waals surface area (Å²) in [5.74, 6) is 0.0520. The first-order chi connectivity index (χ1) is 10.1. The molecule has 1 aliphatic carbocycles. The average molecular weight is 289 g/mol. The number of hydrogen-bond donors (Lipinski definition) is 2. The van der Waals surface area contributed by atoms with Crippen LogP contribution in [-0.2, 0) is 4.79 Å². The zero-order chi connectivity index (χ0) is 15.2. The van der Waals surface area contributed by atoms with E-state index in [1.807, 2.05) is 25.1 Å². The Morgan fingerprint density at radius 2 is 2.05 bits per heavy atom. The highest BCUT2D eigenvalue weighted by Crippen LogP contribution is 2.23. The number of carbonyl (C=O) groups is 1. The number of amides is 1. The highest BCUT2D eigenvalue weighted by atomic mass is 16.2. The van der Waals surface area contributed by atoms with Gasteiger partial charge in [0.25, 0.3) is 0 Å². The Labute approximate surface area is 127 Å². The van der Waals surface area contributed by atoms with Crippen molar-refractivity contribution in [1.82, 2.24) is 4.90 Å². The van der Waals surface area contributed by atoms with Gasteiger partial charge in [0.05, 0.1) is 6.54 Å². The van der Waals surface area contributed by atoms with Crippen molar-refractivity contribution in [3.8, 4) is 0 Å². The molecule has 1 aromatic rings. The minimum absolute atomic E-state index is 0.0520. The Bertz CT molecular complexity index is 481. The van der Waals surface area contributed by atoms with Crippen molar-refractivity contribution in [1.29, 1.82) is 0 Å². The van der Waals surface area contributed by atoms with E-state index in [0.29, 0.717) is 18.3 Å². The topological polar surface area (TPSA) is 58.4 Å². The zero-order valence-corrected chi connectivity index (χ0v) is 13.2. The standard InChI is InChI=1S/C17H27N3O/c1-3-20(14-8-5-4-6-9-14)12-17(21)19-16-11-7-10-15(18)13(16)2/h7,10-11,14H,3-6,8-9,12,18H2,1-2H3,(H,19,21). The van der Waals surface area contributed by atoms with Gasteiger partial charge in [-0.15, -0.1) is 0 Å². The number of benzene rings is 1. The Hall–Kier alpha value is -1.55. The molecule has 0 radical (unpaired) electrons. The molecule has 0 aromatic heterocycles. The Balaban J connectivity index is 1.94. The zero-order valence-electron chi connectivity index (χ0n) is 13.2. The molecule has 1 aliphatic rings. The van der Waals surface area contributed by atoms with E-state index in [1.165, 1.54) is 32.1 Å². The van der Waals surface area contributed by atoms with Gasteiger partial charge >= 0.3 is 0 Å². The lowest BCUT2D eigenvalue weighted by Gasteiger charge is -2.33. The van der Waals surface area contributed by atoms with Crippen LogP contribution < -0.4 is 11.1 Å². The molecule has 1 saturated carbocycles. The summed E-state index contributed by atoms with van der Waals surface area (Å²) in [6.45, 7) is 5.46. The molecule has 0 unspecified atom stereocenters. The third-order valence-electron chi connectivity index (χ3n) is 4.49. The van der Waals surface area contributed by atoms with Crippen molar-refractivity contribution in [2.45, 2.75) is 52.0 Å². The van der Waals surface area contributed by atoms with Crippen molar-refractivity contribution in [3.05, 3.63) is 23.8 Å². The molecule has 1 amide bonds. The van der Waals surface area contributed by atoms with Crippen LogP contribution in [0.1, 0.15) is 44.6 Å². The maximum absolute atomic E-state index is 12.3. The van der Waals surface area contributed by atoms with Gasteiger partial charge in [0.15, 0.2) is 0 Å². The molecule has 1 fully saturated rings. The van der Waals surface area contributed by atoms with Gasteiger partial charge in [-0.25, -0.2) is 0 Å². The van der Waals surface area contributed by atoms with E-state index in [2.05, 4.69) is 17.1 Å². The predicted molar refractivity (Wildman–Crippen MR) is 88.3 cm³/mol. The third kappa shape index (κ3) is 4.21. The summed E-state index contributed by atoms with van der Waals surface area (Å²) in [5.41, 5.74) is 8.35. The van der Waals surface area contributed by atoms with E-state index < -0.39 is 0 Å². The molecule has 4 heteroatoms. The molecule has 1 aromatic carbocycles. The molecule has 3 N–H and O–H groups in total. The monoisotopic (exact) mass is 289 g/mol. The summed E-state index contributed by atoms with van der Waals surface area (Å²) in [5, 5.41) is 2.99. The molecule has 2 rings (SSSR count). The summed E-state index contributed by atoms with van der Waals surface area (Å²) in [6, 6.07) is 6.19. The van der Waals surface area contributed by atoms with Gasteiger partial charge in [0.2, 0.25) is 5.91 Å². The molecule has 0 saturated heterocycles. The Morgan fingerprint density at radius 3 is 2.71 bits per heavy atom. The number of nitrogens with two attached hydrogens (primary N) is 1. The van der Waals surface area contributed by atoms with Gasteiger partial charge in [-0.1, -0.05) is 32.3 Å². The lowest BCUT2D eigenvalue weighted by Crippen LogP contribution is -2.41. The van der Waals surface area contributed by atoms with Crippen LogP contribution >= 0.6 is 0 Å². The van der Waals surface area contributed by atoms with Gasteiger partial charge in [0.1, 0.15) is 0 Å². The molecule has 4 nitrogen and oxygen atoms in total. The number of nitrogen functional groups attached to an aromatic ring is 1. The van der Waals surface area contributed by atoms with E-state index in [0.717, 1.165) is 17.8 Å². The largest absolute Gasteiger partial charge is 0.398 e. The fraction of sp³-hybridized carbons (Fsp3) is 0.588. The Kier molecular flexibility index (Phi) is 5.62. The van der Waals surface area contributed by atoms with Crippen LogP contribution in [0.15, 0.2) is 18.2 Å². The van der Waals surface area contributed by atoms with Gasteiger partial charge in [-0.05, 0) is 44.0 Å². The van der Waals surface area contributed by atoms with Crippen molar-refractivity contribution in [2.24, 2.45) is 0 Å². The molecule has 116 valence electrons. The molecule has 0 bridgehead atoms. The second kappa shape index (κ2) is 7.46. The van der Waals surface area contributed by atoms with Gasteiger partial charge in [0, 0.05) is 17.4 Å². The summed E-state index contributed by atoms with van der Waals surface area (Å²) >= 11 is 0. The van der Waals surface area contributed by atoms with Crippen molar-refractivity contribution >= 4 is 17.3 Å². The van der Waals surface area contributed by atoms with Gasteiger partial charge in [-0.2, -0.15) is 0 Å². The first kappa shape index (κ1) is 15.8. The number of hydrogen-bond acceptors (Lipinski definition) is 3. The summed E-state index contributed by atoms with van der Waals surface area (Å²) < 4.78 is 0. The van der Waals surface area contributed by atoms with E-state index >= 15 is 0 Å². The van der Waals surface area contributed by atoms with Crippen LogP contribution in [0.2, 0.25) is 0 Å². The second-order valence-electron chi connectivity index (χ2n) is 5.92.